The molecule has 0 saturated heterocycles. The van der Waals surface area contributed by atoms with Gasteiger partial charge in [-0.05, 0) is 29.0 Å². The molecule has 5 heteroatoms. The molecule has 1 N–H and O–H groups in total. The molecular formula is C29H19NO4. The van der Waals surface area contributed by atoms with Crippen LogP contribution in [0, 0.1) is 0 Å². The Morgan fingerprint density at radius 2 is 1.47 bits per heavy atom. The van der Waals surface area contributed by atoms with Crippen molar-refractivity contribution in [1.29, 1.82) is 0 Å². The first-order chi connectivity index (χ1) is 16.7. The number of nitrogens with one attached hydrogen (secondary N) is 1. The lowest BCUT2D eigenvalue weighted by molar-refractivity contribution is -0.115. The van der Waals surface area contributed by atoms with Crippen LogP contribution in [-0.4, -0.2) is 11.7 Å². The molecule has 2 heterocycles. The van der Waals surface area contributed by atoms with Gasteiger partial charge in [-0.3, -0.25) is 9.59 Å². The van der Waals surface area contributed by atoms with Gasteiger partial charge in [0.1, 0.15) is 11.2 Å². The monoisotopic (exact) mass is 445 g/mol. The fourth-order valence-corrected chi connectivity index (χ4v) is 4.41. The average Bonchev–Trinajstić information content (AvgIpc) is 3.46. The van der Waals surface area contributed by atoms with E-state index in [4.69, 9.17) is 8.83 Å². The van der Waals surface area contributed by atoms with E-state index in [1.807, 2.05) is 60.7 Å². The predicted molar refractivity (Wildman–Crippen MR) is 132 cm³/mol. The van der Waals surface area contributed by atoms with Crippen molar-refractivity contribution in [2.45, 2.75) is 6.42 Å². The highest BCUT2D eigenvalue weighted by Crippen LogP contribution is 2.34. The molecule has 34 heavy (non-hydrogen) atoms. The fraction of sp³-hybridized carbons (Fsp3) is 0.0345. The zero-order chi connectivity index (χ0) is 23.1. The Balaban J connectivity index is 1.38. The third-order valence-electron chi connectivity index (χ3n) is 5.99. The van der Waals surface area contributed by atoms with Crippen LogP contribution in [0.5, 0.6) is 0 Å². The lowest BCUT2D eigenvalue weighted by Crippen LogP contribution is -2.16. The van der Waals surface area contributed by atoms with Gasteiger partial charge in [-0.1, -0.05) is 72.8 Å². The number of hydrogen-bond donors (Lipinski definition) is 1. The average molecular weight is 445 g/mol. The number of amides is 1. The first kappa shape index (κ1) is 20.0. The third-order valence-corrected chi connectivity index (χ3v) is 5.99. The molecule has 1 amide bonds. The first-order valence-electron chi connectivity index (χ1n) is 11.0. The van der Waals surface area contributed by atoms with Crippen LogP contribution in [0.15, 0.2) is 106 Å². The van der Waals surface area contributed by atoms with E-state index < -0.39 is 0 Å². The molecule has 0 aliphatic heterocycles. The summed E-state index contributed by atoms with van der Waals surface area (Å²) in [5, 5.41) is 6.65. The van der Waals surface area contributed by atoms with Gasteiger partial charge < -0.3 is 14.2 Å². The number of ketones is 1. The fourth-order valence-electron chi connectivity index (χ4n) is 4.41. The highest BCUT2D eigenvalue weighted by molar-refractivity contribution is 6.17. The second kappa shape index (κ2) is 8.05. The van der Waals surface area contributed by atoms with Crippen LogP contribution in [0.1, 0.15) is 21.7 Å². The Labute approximate surface area is 194 Å². The standard InChI is InChI=1S/C29H19NO4/c31-25(16-20-17-33-24-15-14-18-8-4-5-11-21(18)26(20)24)30-27-22-12-6-7-13-23(22)34-29(27)28(32)19-9-2-1-3-10-19/h1-15,17H,16H2,(H,30,31). The van der Waals surface area contributed by atoms with Gasteiger partial charge in [-0.25, -0.2) is 0 Å². The molecule has 2 aromatic heterocycles. The highest BCUT2D eigenvalue weighted by atomic mass is 16.3. The van der Waals surface area contributed by atoms with E-state index in [0.717, 1.165) is 27.3 Å². The summed E-state index contributed by atoms with van der Waals surface area (Å²) in [6, 6.07) is 28.1. The van der Waals surface area contributed by atoms with Crippen molar-refractivity contribution < 1.29 is 18.4 Å². The lowest BCUT2D eigenvalue weighted by atomic mass is 10.0. The lowest BCUT2D eigenvalue weighted by Gasteiger charge is -2.06. The Bertz CT molecular complexity index is 1690. The molecule has 0 atom stereocenters. The zero-order valence-corrected chi connectivity index (χ0v) is 18.1. The summed E-state index contributed by atoms with van der Waals surface area (Å²) in [6.45, 7) is 0. The molecule has 6 rings (SSSR count). The minimum absolute atomic E-state index is 0.0967. The van der Waals surface area contributed by atoms with E-state index in [-0.39, 0.29) is 23.9 Å². The maximum atomic E-state index is 13.2. The topological polar surface area (TPSA) is 72.5 Å². The van der Waals surface area contributed by atoms with Crippen molar-refractivity contribution in [3.63, 3.8) is 0 Å². The van der Waals surface area contributed by atoms with Gasteiger partial charge in [0.2, 0.25) is 11.7 Å². The summed E-state index contributed by atoms with van der Waals surface area (Å²) in [5.74, 6) is -0.431. The Hall–Kier alpha value is -4.64. The number of carbonyl (C=O) groups is 2. The number of benzene rings is 4. The number of hydrogen-bond acceptors (Lipinski definition) is 4. The second-order valence-corrected chi connectivity index (χ2v) is 8.14. The molecule has 0 radical (unpaired) electrons. The van der Waals surface area contributed by atoms with Crippen LogP contribution < -0.4 is 5.32 Å². The van der Waals surface area contributed by atoms with Crippen molar-refractivity contribution in [3.8, 4) is 0 Å². The number of furan rings is 2. The minimum Gasteiger partial charge on any atom is -0.464 e. The van der Waals surface area contributed by atoms with Crippen LogP contribution in [0.3, 0.4) is 0 Å². The third kappa shape index (κ3) is 3.35. The molecule has 0 fully saturated rings. The molecular weight excluding hydrogens is 426 g/mol. The molecule has 0 unspecified atom stereocenters. The van der Waals surface area contributed by atoms with Gasteiger partial charge in [-0.15, -0.1) is 0 Å². The summed E-state index contributed by atoms with van der Waals surface area (Å²) >= 11 is 0. The van der Waals surface area contributed by atoms with Gasteiger partial charge in [0.15, 0.2) is 5.76 Å². The van der Waals surface area contributed by atoms with Crippen molar-refractivity contribution >= 4 is 50.1 Å². The van der Waals surface area contributed by atoms with E-state index in [2.05, 4.69) is 5.32 Å². The highest BCUT2D eigenvalue weighted by Gasteiger charge is 2.24. The number of rotatable bonds is 5. The predicted octanol–water partition coefficient (Wildman–Crippen LogP) is 6.74. The van der Waals surface area contributed by atoms with E-state index in [1.165, 1.54) is 0 Å². The van der Waals surface area contributed by atoms with Crippen LogP contribution in [0.2, 0.25) is 0 Å². The SMILES string of the molecule is O=C(Cc1coc2ccc3ccccc3c12)Nc1c(C(=O)c2ccccc2)oc2ccccc12. The first-order valence-corrected chi connectivity index (χ1v) is 11.0. The zero-order valence-electron chi connectivity index (χ0n) is 18.1. The molecule has 0 spiro atoms. The van der Waals surface area contributed by atoms with E-state index in [1.54, 1.807) is 36.6 Å². The van der Waals surface area contributed by atoms with Gasteiger partial charge >= 0.3 is 0 Å². The van der Waals surface area contributed by atoms with Crippen molar-refractivity contribution in [2.24, 2.45) is 0 Å². The van der Waals surface area contributed by atoms with Crippen molar-refractivity contribution in [3.05, 3.63) is 114 Å². The molecule has 0 aliphatic rings. The molecule has 6 aromatic rings. The van der Waals surface area contributed by atoms with Crippen LogP contribution in [0.4, 0.5) is 5.69 Å². The Kier molecular flexibility index (Phi) is 4.73. The van der Waals surface area contributed by atoms with E-state index in [0.29, 0.717) is 22.2 Å². The summed E-state index contributed by atoms with van der Waals surface area (Å²) < 4.78 is 11.6. The summed E-state index contributed by atoms with van der Waals surface area (Å²) in [5.41, 5.74) is 2.93. The molecule has 164 valence electrons. The quantitative estimate of drug-likeness (QED) is 0.298. The maximum Gasteiger partial charge on any atom is 0.230 e. The molecule has 0 saturated carbocycles. The Morgan fingerprint density at radius 1 is 0.735 bits per heavy atom. The Morgan fingerprint density at radius 3 is 2.32 bits per heavy atom. The second-order valence-electron chi connectivity index (χ2n) is 8.14. The van der Waals surface area contributed by atoms with Gasteiger partial charge in [-0.2, -0.15) is 0 Å². The molecule has 0 aliphatic carbocycles. The number of fused-ring (bicyclic) bond motifs is 4. The normalized spacial score (nSPS) is 11.3. The van der Waals surface area contributed by atoms with E-state index >= 15 is 0 Å². The van der Waals surface area contributed by atoms with Crippen molar-refractivity contribution in [2.75, 3.05) is 5.32 Å². The van der Waals surface area contributed by atoms with Crippen molar-refractivity contribution in [1.82, 2.24) is 0 Å². The number of anilines is 1. The van der Waals surface area contributed by atoms with E-state index in [9.17, 15) is 9.59 Å². The smallest absolute Gasteiger partial charge is 0.230 e. The minimum atomic E-state index is -0.285. The van der Waals surface area contributed by atoms with Gasteiger partial charge in [0.05, 0.1) is 18.4 Å². The molecule has 5 nitrogen and oxygen atoms in total. The molecule has 4 aromatic carbocycles. The van der Waals surface area contributed by atoms with Crippen LogP contribution in [-0.2, 0) is 11.2 Å². The summed E-state index contributed by atoms with van der Waals surface area (Å²) in [7, 11) is 0. The van der Waals surface area contributed by atoms with Gasteiger partial charge in [0, 0.05) is 21.9 Å². The maximum absolute atomic E-state index is 13.2. The number of para-hydroxylation sites is 1. The van der Waals surface area contributed by atoms with Crippen LogP contribution >= 0.6 is 0 Å². The largest absolute Gasteiger partial charge is 0.464 e. The molecule has 0 bridgehead atoms. The summed E-state index contributed by atoms with van der Waals surface area (Å²) in [4.78, 5) is 26.4. The van der Waals surface area contributed by atoms with Crippen LogP contribution in [0.25, 0.3) is 32.7 Å². The van der Waals surface area contributed by atoms with Gasteiger partial charge in [0.25, 0.3) is 0 Å². The number of carbonyl (C=O) groups excluding carboxylic acids is 2. The summed E-state index contributed by atoms with van der Waals surface area (Å²) in [6.07, 6.45) is 1.72.